The highest BCUT2D eigenvalue weighted by Gasteiger charge is 2.33. The molecule has 0 saturated carbocycles. The van der Waals surface area contributed by atoms with Crippen LogP contribution in [0, 0.1) is 3.57 Å². The first-order chi connectivity index (χ1) is 8.46. The molecule has 0 aromatic heterocycles. The Labute approximate surface area is 120 Å². The normalized spacial score (nSPS) is 21.8. The Morgan fingerprint density at radius 1 is 1.44 bits per heavy atom. The van der Waals surface area contributed by atoms with Gasteiger partial charge in [0.25, 0.3) is 0 Å². The first-order valence-corrected chi connectivity index (χ1v) is 6.79. The minimum absolute atomic E-state index is 0.187. The van der Waals surface area contributed by atoms with E-state index in [0.717, 1.165) is 3.57 Å². The summed E-state index contributed by atoms with van der Waals surface area (Å²) in [4.78, 5) is 11.8. The molecule has 1 aliphatic heterocycles. The Morgan fingerprint density at radius 3 is 2.67 bits per heavy atom. The molecule has 1 fully saturated rings. The van der Waals surface area contributed by atoms with Gasteiger partial charge in [-0.2, -0.15) is 0 Å². The van der Waals surface area contributed by atoms with Crippen molar-refractivity contribution in [3.63, 3.8) is 0 Å². The van der Waals surface area contributed by atoms with Gasteiger partial charge in [-0.3, -0.25) is 0 Å². The lowest BCUT2D eigenvalue weighted by atomic mass is 10.2. The highest BCUT2D eigenvalue weighted by atomic mass is 127. The Morgan fingerprint density at radius 2 is 2.11 bits per heavy atom. The van der Waals surface area contributed by atoms with Crippen LogP contribution in [0.2, 0.25) is 0 Å². The fourth-order valence-corrected chi connectivity index (χ4v) is 2.04. The van der Waals surface area contributed by atoms with Crippen molar-refractivity contribution >= 4 is 28.6 Å². The van der Waals surface area contributed by atoms with E-state index in [1.165, 1.54) is 0 Å². The number of hydrogen-bond donors (Lipinski definition) is 0. The fraction of sp³-hybridized carbons (Fsp3) is 0.462. The molecule has 1 heterocycles. The number of carbonyl (C=O) groups excluding carboxylic acids is 1. The summed E-state index contributed by atoms with van der Waals surface area (Å²) in [5, 5.41) is 0. The summed E-state index contributed by atoms with van der Waals surface area (Å²) in [6.45, 7) is 4.35. The molecule has 0 amide bonds. The van der Waals surface area contributed by atoms with E-state index >= 15 is 0 Å². The average Bonchev–Trinajstić information content (AvgIpc) is 2.67. The lowest BCUT2D eigenvalue weighted by molar-refractivity contribution is -0.142. The van der Waals surface area contributed by atoms with Crippen LogP contribution in [0.1, 0.15) is 24.2 Å². The average molecular weight is 362 g/mol. The molecule has 0 aliphatic carbocycles. The molecule has 0 spiro atoms. The van der Waals surface area contributed by atoms with Crippen LogP contribution in [0.15, 0.2) is 24.3 Å². The van der Waals surface area contributed by atoms with Gasteiger partial charge < -0.3 is 14.2 Å². The van der Waals surface area contributed by atoms with Crippen molar-refractivity contribution in [1.29, 1.82) is 0 Å². The monoisotopic (exact) mass is 362 g/mol. The molecule has 1 aliphatic rings. The highest BCUT2D eigenvalue weighted by molar-refractivity contribution is 14.1. The second-order valence-electron chi connectivity index (χ2n) is 4.56. The summed E-state index contributed by atoms with van der Waals surface area (Å²) in [5.41, 5.74) is 0.550. The molecule has 18 heavy (non-hydrogen) atoms. The number of ether oxygens (including phenoxy) is 3. The molecule has 98 valence electrons. The third kappa shape index (κ3) is 3.66. The maximum atomic E-state index is 11.8. The summed E-state index contributed by atoms with van der Waals surface area (Å²) >= 11 is 2.19. The smallest absolute Gasteiger partial charge is 0.338 e. The lowest BCUT2D eigenvalue weighted by Crippen LogP contribution is -2.25. The van der Waals surface area contributed by atoms with Crippen LogP contribution in [-0.4, -0.2) is 31.1 Å². The Hall–Kier alpha value is -0.660. The van der Waals surface area contributed by atoms with E-state index in [9.17, 15) is 4.79 Å². The number of carbonyl (C=O) groups is 1. The van der Waals surface area contributed by atoms with Gasteiger partial charge in [-0.05, 0) is 60.7 Å². The molecule has 1 aromatic carbocycles. The van der Waals surface area contributed by atoms with E-state index in [1.807, 2.05) is 26.0 Å². The van der Waals surface area contributed by atoms with Crippen molar-refractivity contribution in [1.82, 2.24) is 0 Å². The third-order valence-corrected chi connectivity index (χ3v) is 3.27. The van der Waals surface area contributed by atoms with Crippen molar-refractivity contribution in [2.75, 3.05) is 13.2 Å². The van der Waals surface area contributed by atoms with Gasteiger partial charge in [-0.1, -0.05) is 0 Å². The van der Waals surface area contributed by atoms with Gasteiger partial charge in [0.2, 0.25) is 0 Å². The van der Waals surface area contributed by atoms with Gasteiger partial charge in [0.15, 0.2) is 5.79 Å². The lowest BCUT2D eigenvalue weighted by Gasteiger charge is -2.16. The molecule has 2 rings (SSSR count). The minimum atomic E-state index is -0.583. The maximum Gasteiger partial charge on any atom is 0.338 e. The van der Waals surface area contributed by atoms with Gasteiger partial charge in [0.1, 0.15) is 12.7 Å². The predicted octanol–water partition coefficient (Wildman–Crippen LogP) is 2.60. The Balaban J connectivity index is 1.84. The number of benzene rings is 1. The van der Waals surface area contributed by atoms with E-state index in [0.29, 0.717) is 12.2 Å². The van der Waals surface area contributed by atoms with E-state index < -0.39 is 5.79 Å². The summed E-state index contributed by atoms with van der Waals surface area (Å²) in [6, 6.07) is 7.24. The minimum Gasteiger partial charge on any atom is -0.459 e. The molecule has 0 radical (unpaired) electrons. The predicted molar refractivity (Wildman–Crippen MR) is 74.3 cm³/mol. The summed E-state index contributed by atoms with van der Waals surface area (Å²) in [5.74, 6) is -0.917. The van der Waals surface area contributed by atoms with Gasteiger partial charge in [-0.25, -0.2) is 4.79 Å². The Kier molecular flexibility index (Phi) is 4.24. The Bertz CT molecular complexity index is 427. The van der Waals surface area contributed by atoms with Crippen molar-refractivity contribution in [3.8, 4) is 0 Å². The zero-order valence-electron chi connectivity index (χ0n) is 10.3. The largest absolute Gasteiger partial charge is 0.459 e. The maximum absolute atomic E-state index is 11.8. The van der Waals surface area contributed by atoms with Crippen molar-refractivity contribution in [2.45, 2.75) is 25.7 Å². The first kappa shape index (κ1) is 13.8. The fourth-order valence-electron chi connectivity index (χ4n) is 1.68. The molecule has 0 unspecified atom stereocenters. The molecule has 0 N–H and O–H groups in total. The SMILES string of the molecule is CC1(C)OC[C@H](COC(=O)c2ccc(I)cc2)O1. The molecule has 4 nitrogen and oxygen atoms in total. The van der Waals surface area contributed by atoms with Crippen molar-refractivity contribution in [2.24, 2.45) is 0 Å². The standard InChI is InChI=1S/C13H15IO4/c1-13(2)17-8-11(18-13)7-16-12(15)9-3-5-10(14)6-4-9/h3-6,11H,7-8H2,1-2H3/t11-/m0/s1. The van der Waals surface area contributed by atoms with Crippen molar-refractivity contribution in [3.05, 3.63) is 33.4 Å². The van der Waals surface area contributed by atoms with Gasteiger partial charge in [0.05, 0.1) is 12.2 Å². The molecular weight excluding hydrogens is 347 g/mol. The van der Waals surface area contributed by atoms with Crippen LogP contribution in [0.4, 0.5) is 0 Å². The number of esters is 1. The highest BCUT2D eigenvalue weighted by Crippen LogP contribution is 2.22. The van der Waals surface area contributed by atoms with Crippen LogP contribution in [-0.2, 0) is 14.2 Å². The quantitative estimate of drug-likeness (QED) is 0.613. The second-order valence-corrected chi connectivity index (χ2v) is 5.80. The second kappa shape index (κ2) is 5.54. The van der Waals surface area contributed by atoms with Gasteiger partial charge in [-0.15, -0.1) is 0 Å². The van der Waals surface area contributed by atoms with E-state index in [1.54, 1.807) is 12.1 Å². The van der Waals surface area contributed by atoms with Crippen LogP contribution in [0.25, 0.3) is 0 Å². The number of halogens is 1. The van der Waals surface area contributed by atoms with Crippen LogP contribution < -0.4 is 0 Å². The summed E-state index contributed by atoms with van der Waals surface area (Å²) in [7, 11) is 0. The zero-order chi connectivity index (χ0) is 13.2. The molecule has 1 aromatic rings. The molecule has 0 bridgehead atoms. The number of hydrogen-bond acceptors (Lipinski definition) is 4. The topological polar surface area (TPSA) is 44.8 Å². The van der Waals surface area contributed by atoms with Crippen LogP contribution >= 0.6 is 22.6 Å². The third-order valence-electron chi connectivity index (χ3n) is 2.55. The number of rotatable bonds is 3. The van der Waals surface area contributed by atoms with Crippen LogP contribution in [0.3, 0.4) is 0 Å². The van der Waals surface area contributed by atoms with E-state index in [2.05, 4.69) is 22.6 Å². The van der Waals surface area contributed by atoms with Crippen LogP contribution in [0.5, 0.6) is 0 Å². The van der Waals surface area contributed by atoms with E-state index in [-0.39, 0.29) is 18.7 Å². The summed E-state index contributed by atoms with van der Waals surface area (Å²) < 4.78 is 17.2. The summed E-state index contributed by atoms with van der Waals surface area (Å²) in [6.07, 6.45) is -0.187. The van der Waals surface area contributed by atoms with Crippen molar-refractivity contribution < 1.29 is 19.0 Å². The zero-order valence-corrected chi connectivity index (χ0v) is 12.5. The molecule has 1 saturated heterocycles. The molecule has 5 heteroatoms. The molecule has 1 atom stereocenters. The van der Waals surface area contributed by atoms with Gasteiger partial charge >= 0.3 is 5.97 Å². The molecular formula is C13H15IO4. The van der Waals surface area contributed by atoms with Gasteiger partial charge in [0, 0.05) is 3.57 Å². The first-order valence-electron chi connectivity index (χ1n) is 5.71. The van der Waals surface area contributed by atoms with E-state index in [4.69, 9.17) is 14.2 Å².